The van der Waals surface area contributed by atoms with Crippen molar-refractivity contribution in [3.8, 4) is 0 Å². The Morgan fingerprint density at radius 2 is 2.21 bits per heavy atom. The Morgan fingerprint density at radius 3 is 2.93 bits per heavy atom. The molecule has 76 valence electrons. The molecule has 0 saturated heterocycles. The smallest absolute Gasteiger partial charge is 0.270 e. The zero-order chi connectivity index (χ0) is 9.97. The predicted octanol–water partition coefficient (Wildman–Crippen LogP) is 2.46. The topological polar surface area (TPSA) is 45.8 Å². The molecule has 14 heavy (non-hydrogen) atoms. The first-order valence-corrected chi connectivity index (χ1v) is 5.93. The Morgan fingerprint density at radius 1 is 1.50 bits per heavy atom. The van der Waals surface area contributed by atoms with Gasteiger partial charge in [-0.2, -0.15) is 0 Å². The van der Waals surface area contributed by atoms with E-state index in [0.717, 1.165) is 0 Å². The second kappa shape index (κ2) is 4.36. The molecule has 1 fully saturated rings. The minimum Gasteiger partial charge on any atom is -0.312 e. The molecule has 0 aromatic carbocycles. The highest BCUT2D eigenvalue weighted by molar-refractivity contribution is 8.00. The fourth-order valence-electron chi connectivity index (χ4n) is 1.61. The normalized spacial score (nSPS) is 17.5. The van der Waals surface area contributed by atoms with Gasteiger partial charge >= 0.3 is 0 Å². The molecule has 2 rings (SSSR count). The Labute approximate surface area is 91.3 Å². The van der Waals surface area contributed by atoms with Crippen LogP contribution in [0.4, 0.5) is 0 Å². The summed E-state index contributed by atoms with van der Waals surface area (Å²) in [7, 11) is 0. The lowest BCUT2D eigenvalue weighted by Gasteiger charge is -2.07. The maximum absolute atomic E-state index is 11.2. The first-order chi connectivity index (χ1) is 6.77. The highest BCUT2D eigenvalue weighted by Crippen LogP contribution is 2.35. The SMILES string of the molecule is O=c1[nH]cnc(SC2CCCC2)c1Cl. The Hall–Kier alpha value is -0.480. The van der Waals surface area contributed by atoms with Gasteiger partial charge in [-0.1, -0.05) is 24.4 Å². The zero-order valence-electron chi connectivity index (χ0n) is 7.62. The van der Waals surface area contributed by atoms with Crippen molar-refractivity contribution in [1.29, 1.82) is 0 Å². The molecule has 0 unspecified atom stereocenters. The van der Waals surface area contributed by atoms with Crippen LogP contribution in [0.15, 0.2) is 16.1 Å². The van der Waals surface area contributed by atoms with Crippen LogP contribution in [0, 0.1) is 0 Å². The second-order valence-corrected chi connectivity index (χ2v) is 5.04. The number of aromatic nitrogens is 2. The van der Waals surface area contributed by atoms with Crippen LogP contribution < -0.4 is 5.56 Å². The lowest BCUT2D eigenvalue weighted by Crippen LogP contribution is -2.08. The van der Waals surface area contributed by atoms with E-state index in [-0.39, 0.29) is 10.6 Å². The van der Waals surface area contributed by atoms with Crippen LogP contribution in [0.2, 0.25) is 5.02 Å². The number of H-pyrrole nitrogens is 1. The summed E-state index contributed by atoms with van der Waals surface area (Å²) in [4.78, 5) is 17.7. The monoisotopic (exact) mass is 230 g/mol. The van der Waals surface area contributed by atoms with E-state index in [2.05, 4.69) is 9.97 Å². The summed E-state index contributed by atoms with van der Waals surface area (Å²) in [6.07, 6.45) is 6.37. The fourth-order valence-corrected chi connectivity index (χ4v) is 3.04. The van der Waals surface area contributed by atoms with E-state index in [1.807, 2.05) is 0 Å². The maximum Gasteiger partial charge on any atom is 0.270 e. The molecule has 0 radical (unpaired) electrons. The number of thioether (sulfide) groups is 1. The summed E-state index contributed by atoms with van der Waals surface area (Å²) >= 11 is 7.47. The van der Waals surface area contributed by atoms with Crippen LogP contribution >= 0.6 is 23.4 Å². The van der Waals surface area contributed by atoms with Crippen LogP contribution in [0.3, 0.4) is 0 Å². The Balaban J connectivity index is 2.15. The van der Waals surface area contributed by atoms with Crippen LogP contribution in [-0.4, -0.2) is 15.2 Å². The number of aromatic amines is 1. The molecule has 1 N–H and O–H groups in total. The van der Waals surface area contributed by atoms with Crippen molar-refractivity contribution in [2.75, 3.05) is 0 Å². The summed E-state index contributed by atoms with van der Waals surface area (Å²) in [5.41, 5.74) is -0.248. The van der Waals surface area contributed by atoms with E-state index in [1.54, 1.807) is 11.8 Å². The molecule has 1 heterocycles. The van der Waals surface area contributed by atoms with Gasteiger partial charge in [0.05, 0.1) is 6.33 Å². The second-order valence-electron chi connectivity index (χ2n) is 3.38. The van der Waals surface area contributed by atoms with Crippen LogP contribution in [-0.2, 0) is 0 Å². The fraction of sp³-hybridized carbons (Fsp3) is 0.556. The van der Waals surface area contributed by atoms with Crippen molar-refractivity contribution in [2.24, 2.45) is 0 Å². The summed E-state index contributed by atoms with van der Waals surface area (Å²) < 4.78 is 0. The van der Waals surface area contributed by atoms with Crippen molar-refractivity contribution < 1.29 is 0 Å². The highest BCUT2D eigenvalue weighted by atomic mass is 35.5. The standard InChI is InChI=1S/C9H11ClN2OS/c10-7-8(13)11-5-12-9(7)14-6-3-1-2-4-6/h5-6H,1-4H2,(H,11,12,13). The van der Waals surface area contributed by atoms with Gasteiger partial charge in [0.25, 0.3) is 5.56 Å². The van der Waals surface area contributed by atoms with Gasteiger partial charge in [0, 0.05) is 5.25 Å². The van der Waals surface area contributed by atoms with Crippen molar-refractivity contribution in [3.63, 3.8) is 0 Å². The quantitative estimate of drug-likeness (QED) is 0.794. The number of halogens is 1. The minimum atomic E-state index is -0.248. The predicted molar refractivity (Wildman–Crippen MR) is 58.0 cm³/mol. The number of nitrogens with zero attached hydrogens (tertiary/aromatic N) is 1. The van der Waals surface area contributed by atoms with Gasteiger partial charge in [0.15, 0.2) is 0 Å². The summed E-state index contributed by atoms with van der Waals surface area (Å²) in [6.45, 7) is 0. The van der Waals surface area contributed by atoms with Crippen molar-refractivity contribution >= 4 is 23.4 Å². The number of hydrogen-bond acceptors (Lipinski definition) is 3. The summed E-state index contributed by atoms with van der Waals surface area (Å²) in [5.74, 6) is 0. The molecule has 0 aliphatic heterocycles. The average Bonchev–Trinajstić information content (AvgIpc) is 2.66. The molecule has 1 aliphatic carbocycles. The Kier molecular flexibility index (Phi) is 3.13. The molecule has 1 aromatic rings. The van der Waals surface area contributed by atoms with Gasteiger partial charge in [-0.05, 0) is 12.8 Å². The first-order valence-electron chi connectivity index (χ1n) is 4.67. The van der Waals surface area contributed by atoms with Gasteiger partial charge in [-0.3, -0.25) is 4.79 Å². The highest BCUT2D eigenvalue weighted by Gasteiger charge is 2.18. The van der Waals surface area contributed by atoms with Crippen LogP contribution in [0.5, 0.6) is 0 Å². The third-order valence-corrected chi connectivity index (χ3v) is 4.15. The van der Waals surface area contributed by atoms with Crippen LogP contribution in [0.1, 0.15) is 25.7 Å². The molecule has 0 atom stereocenters. The average molecular weight is 231 g/mol. The minimum absolute atomic E-state index is 0.226. The van der Waals surface area contributed by atoms with Gasteiger partial charge < -0.3 is 4.98 Å². The molecular weight excluding hydrogens is 220 g/mol. The van der Waals surface area contributed by atoms with E-state index < -0.39 is 0 Å². The molecule has 0 spiro atoms. The van der Waals surface area contributed by atoms with Gasteiger partial charge in [-0.25, -0.2) is 4.98 Å². The lowest BCUT2D eigenvalue weighted by atomic mass is 10.4. The third-order valence-electron chi connectivity index (χ3n) is 2.35. The lowest BCUT2D eigenvalue weighted by molar-refractivity contribution is 0.886. The molecule has 3 nitrogen and oxygen atoms in total. The van der Waals surface area contributed by atoms with E-state index in [1.165, 1.54) is 32.0 Å². The molecule has 0 bridgehead atoms. The zero-order valence-corrected chi connectivity index (χ0v) is 9.20. The van der Waals surface area contributed by atoms with Crippen molar-refractivity contribution in [1.82, 2.24) is 9.97 Å². The van der Waals surface area contributed by atoms with Gasteiger partial charge in [0.2, 0.25) is 0 Å². The molecule has 1 aromatic heterocycles. The molecule has 0 amide bonds. The van der Waals surface area contributed by atoms with Gasteiger partial charge in [0.1, 0.15) is 10.0 Å². The van der Waals surface area contributed by atoms with E-state index >= 15 is 0 Å². The van der Waals surface area contributed by atoms with E-state index in [4.69, 9.17) is 11.6 Å². The number of nitrogens with one attached hydrogen (secondary N) is 1. The number of hydrogen-bond donors (Lipinski definition) is 1. The molecule has 1 aliphatic rings. The number of rotatable bonds is 2. The van der Waals surface area contributed by atoms with E-state index in [0.29, 0.717) is 10.3 Å². The molecule has 5 heteroatoms. The Bertz CT molecular complexity index is 373. The largest absolute Gasteiger partial charge is 0.312 e. The van der Waals surface area contributed by atoms with Gasteiger partial charge in [-0.15, -0.1) is 11.8 Å². The third kappa shape index (κ3) is 2.12. The summed E-state index contributed by atoms with van der Waals surface area (Å²) in [6, 6.07) is 0. The van der Waals surface area contributed by atoms with Crippen LogP contribution in [0.25, 0.3) is 0 Å². The van der Waals surface area contributed by atoms with Crippen molar-refractivity contribution in [2.45, 2.75) is 36.0 Å². The summed E-state index contributed by atoms with van der Waals surface area (Å²) in [5, 5.41) is 1.48. The van der Waals surface area contributed by atoms with E-state index in [9.17, 15) is 4.79 Å². The maximum atomic E-state index is 11.2. The van der Waals surface area contributed by atoms with Crippen molar-refractivity contribution in [3.05, 3.63) is 21.7 Å². The first kappa shape index (κ1) is 10.1. The molecule has 1 saturated carbocycles. The molecular formula is C9H11ClN2OS.